The van der Waals surface area contributed by atoms with E-state index in [1.807, 2.05) is 11.5 Å². The van der Waals surface area contributed by atoms with Crippen LogP contribution in [-0.2, 0) is 16.0 Å². The largest absolute Gasteiger partial charge is 0.486 e. The molecule has 0 aliphatic heterocycles. The maximum absolute atomic E-state index is 13.2. The van der Waals surface area contributed by atoms with E-state index in [1.54, 1.807) is 47.7 Å². The van der Waals surface area contributed by atoms with Gasteiger partial charge in [-0.1, -0.05) is 30.9 Å². The quantitative estimate of drug-likeness (QED) is 0.269. The van der Waals surface area contributed by atoms with Gasteiger partial charge in [0.1, 0.15) is 28.3 Å². The maximum atomic E-state index is 13.2. The standard InChI is InChI=1S/C29H42ClN7O6/c1-8-36-22-19(16-32-23(30)20(22)33-25(36)21-24(31)35-43-34-21)40-18(17-12-10-9-11-13-17)14-15-37(26(38)41-28(2,3)4)27(39)42-29(5,6)7/h16-18H,8-15H2,1-7H3,(H2,31,35). The van der Waals surface area contributed by atoms with Crippen molar-refractivity contribution >= 4 is 40.6 Å². The SMILES string of the molecule is CCn1c(-c2nonc2N)nc2c(Cl)ncc(OC(CCN(C(=O)OC(C)(C)C)C(=O)OC(C)(C)C)C3CCCCC3)c21. The van der Waals surface area contributed by atoms with E-state index >= 15 is 0 Å². The number of hydrogen-bond acceptors (Lipinski definition) is 11. The van der Waals surface area contributed by atoms with E-state index in [0.29, 0.717) is 35.6 Å². The highest BCUT2D eigenvalue weighted by Crippen LogP contribution is 2.37. The smallest absolute Gasteiger partial charge is 0.419 e. The number of imide groups is 1. The third-order valence-electron chi connectivity index (χ3n) is 7.05. The molecule has 0 spiro atoms. The Labute approximate surface area is 256 Å². The van der Waals surface area contributed by atoms with E-state index in [0.717, 1.165) is 37.0 Å². The van der Waals surface area contributed by atoms with Crippen molar-refractivity contribution in [1.29, 1.82) is 0 Å². The van der Waals surface area contributed by atoms with Gasteiger partial charge in [-0.05, 0) is 77.5 Å². The Kier molecular flexibility index (Phi) is 9.73. The van der Waals surface area contributed by atoms with Gasteiger partial charge < -0.3 is 24.5 Å². The molecule has 0 radical (unpaired) electrons. The zero-order chi connectivity index (χ0) is 31.5. The number of aryl methyl sites for hydroxylation is 1. The molecular formula is C29H42ClN7O6. The highest BCUT2D eigenvalue weighted by atomic mass is 35.5. The summed E-state index contributed by atoms with van der Waals surface area (Å²) in [6.07, 6.45) is 5.20. The highest BCUT2D eigenvalue weighted by molar-refractivity contribution is 6.34. The van der Waals surface area contributed by atoms with Crippen LogP contribution in [0.3, 0.4) is 0 Å². The first-order chi connectivity index (χ1) is 20.2. The summed E-state index contributed by atoms with van der Waals surface area (Å²) in [5.41, 5.74) is 5.72. The third kappa shape index (κ3) is 7.87. The maximum Gasteiger partial charge on any atom is 0.419 e. The molecule has 1 saturated carbocycles. The first kappa shape index (κ1) is 32.3. The molecule has 43 heavy (non-hydrogen) atoms. The molecular weight excluding hydrogens is 578 g/mol. The fourth-order valence-corrected chi connectivity index (χ4v) is 5.40. The van der Waals surface area contributed by atoms with E-state index < -0.39 is 23.4 Å². The minimum absolute atomic E-state index is 0.0363. The first-order valence-corrected chi connectivity index (χ1v) is 15.1. The summed E-state index contributed by atoms with van der Waals surface area (Å²) in [5.74, 6) is 1.17. The lowest BCUT2D eigenvalue weighted by Gasteiger charge is -2.33. The van der Waals surface area contributed by atoms with Crippen molar-refractivity contribution in [3.05, 3.63) is 11.3 Å². The Morgan fingerprint density at radius 3 is 2.26 bits per heavy atom. The normalized spacial score (nSPS) is 15.3. The van der Waals surface area contributed by atoms with Crippen LogP contribution in [0.15, 0.2) is 10.8 Å². The first-order valence-electron chi connectivity index (χ1n) is 14.7. The molecule has 2 N–H and O–H groups in total. The number of pyridine rings is 1. The van der Waals surface area contributed by atoms with Gasteiger partial charge >= 0.3 is 12.2 Å². The molecule has 1 atom stereocenters. The highest BCUT2D eigenvalue weighted by Gasteiger charge is 2.34. The topological polar surface area (TPSA) is 161 Å². The van der Waals surface area contributed by atoms with Gasteiger partial charge in [-0.25, -0.2) is 29.1 Å². The molecule has 3 aromatic rings. The molecule has 4 rings (SSSR count). The third-order valence-corrected chi connectivity index (χ3v) is 7.33. The zero-order valence-corrected chi connectivity index (χ0v) is 26.7. The van der Waals surface area contributed by atoms with E-state index in [-0.39, 0.29) is 35.2 Å². The lowest BCUT2D eigenvalue weighted by Crippen LogP contribution is -2.45. The molecule has 0 saturated heterocycles. The Hall–Kier alpha value is -3.61. The summed E-state index contributed by atoms with van der Waals surface area (Å²) in [6, 6.07) is 0. The van der Waals surface area contributed by atoms with Gasteiger partial charge in [0.25, 0.3) is 0 Å². The van der Waals surface area contributed by atoms with Crippen LogP contribution in [0, 0.1) is 5.92 Å². The summed E-state index contributed by atoms with van der Waals surface area (Å²) in [7, 11) is 0. The minimum atomic E-state index is -0.795. The van der Waals surface area contributed by atoms with Crippen molar-refractivity contribution in [1.82, 2.24) is 29.7 Å². The molecule has 236 valence electrons. The molecule has 3 aromatic heterocycles. The van der Waals surface area contributed by atoms with Crippen molar-refractivity contribution < 1.29 is 28.4 Å². The predicted octanol–water partition coefficient (Wildman–Crippen LogP) is 6.63. The Balaban J connectivity index is 1.69. The monoisotopic (exact) mass is 619 g/mol. The molecule has 0 aromatic carbocycles. The lowest BCUT2D eigenvalue weighted by molar-refractivity contribution is -0.00221. The molecule has 1 aliphatic rings. The predicted molar refractivity (Wildman–Crippen MR) is 161 cm³/mol. The van der Waals surface area contributed by atoms with Crippen LogP contribution in [0.25, 0.3) is 22.6 Å². The van der Waals surface area contributed by atoms with Gasteiger partial charge in [0.05, 0.1) is 6.20 Å². The van der Waals surface area contributed by atoms with Gasteiger partial charge in [-0.2, -0.15) is 0 Å². The summed E-state index contributed by atoms with van der Waals surface area (Å²) in [6.45, 7) is 13.0. The fraction of sp³-hybridized carbons (Fsp3) is 0.655. The van der Waals surface area contributed by atoms with Gasteiger partial charge in [-0.3, -0.25) is 0 Å². The van der Waals surface area contributed by atoms with Gasteiger partial charge in [0, 0.05) is 19.5 Å². The van der Waals surface area contributed by atoms with Crippen LogP contribution in [0.1, 0.15) is 87.0 Å². The molecule has 2 amide bonds. The van der Waals surface area contributed by atoms with Crippen molar-refractivity contribution in [2.24, 2.45) is 5.92 Å². The number of nitrogens with two attached hydrogens (primary N) is 1. The van der Waals surface area contributed by atoms with E-state index in [2.05, 4.69) is 20.3 Å². The van der Waals surface area contributed by atoms with E-state index in [4.69, 9.17) is 36.2 Å². The number of nitrogens with zero attached hydrogens (tertiary/aromatic N) is 6. The van der Waals surface area contributed by atoms with Gasteiger partial charge in [0.15, 0.2) is 28.2 Å². The number of nitrogen functional groups attached to an aromatic ring is 1. The molecule has 1 fully saturated rings. The average Bonchev–Trinajstić information content (AvgIpc) is 3.51. The molecule has 13 nitrogen and oxygen atoms in total. The number of rotatable bonds is 8. The Bertz CT molecular complexity index is 1410. The molecule has 0 bridgehead atoms. The fourth-order valence-electron chi connectivity index (χ4n) is 5.22. The molecule has 1 unspecified atom stereocenters. The van der Waals surface area contributed by atoms with Crippen LogP contribution in [0.2, 0.25) is 5.15 Å². The number of amides is 2. The van der Waals surface area contributed by atoms with E-state index in [9.17, 15) is 9.59 Å². The zero-order valence-electron chi connectivity index (χ0n) is 26.0. The lowest BCUT2D eigenvalue weighted by atomic mass is 9.84. The van der Waals surface area contributed by atoms with Crippen LogP contribution >= 0.6 is 11.6 Å². The number of hydrogen-bond donors (Lipinski definition) is 1. The van der Waals surface area contributed by atoms with Crippen LogP contribution in [0.5, 0.6) is 5.75 Å². The minimum Gasteiger partial charge on any atom is -0.486 e. The van der Waals surface area contributed by atoms with Crippen LogP contribution in [0.4, 0.5) is 15.4 Å². The van der Waals surface area contributed by atoms with Crippen LogP contribution in [-0.4, -0.2) is 65.8 Å². The Morgan fingerprint density at radius 2 is 1.72 bits per heavy atom. The number of ether oxygens (including phenoxy) is 3. The van der Waals surface area contributed by atoms with Crippen molar-refractivity contribution in [3.8, 4) is 17.3 Å². The number of carbonyl (C=O) groups is 2. The van der Waals surface area contributed by atoms with Crippen molar-refractivity contribution in [2.45, 2.75) is 111 Å². The second-order valence-electron chi connectivity index (χ2n) is 12.7. The summed E-state index contributed by atoms with van der Waals surface area (Å²) in [4.78, 5) is 36.4. The van der Waals surface area contributed by atoms with Crippen LogP contribution < -0.4 is 10.5 Å². The summed E-state index contributed by atoms with van der Waals surface area (Å²) < 4.78 is 24.5. The van der Waals surface area contributed by atoms with Gasteiger partial charge in [0.2, 0.25) is 0 Å². The number of carbonyl (C=O) groups excluding carboxylic acids is 2. The number of halogens is 1. The number of anilines is 1. The number of aromatic nitrogens is 5. The molecule has 1 aliphatic carbocycles. The second-order valence-corrected chi connectivity index (χ2v) is 13.1. The van der Waals surface area contributed by atoms with Crippen molar-refractivity contribution in [3.63, 3.8) is 0 Å². The van der Waals surface area contributed by atoms with Crippen molar-refractivity contribution in [2.75, 3.05) is 12.3 Å². The number of imidazole rings is 1. The second kappa shape index (κ2) is 12.9. The number of fused-ring (bicyclic) bond motifs is 1. The summed E-state index contributed by atoms with van der Waals surface area (Å²) >= 11 is 6.49. The molecule has 14 heteroatoms. The van der Waals surface area contributed by atoms with Gasteiger partial charge in [-0.15, -0.1) is 0 Å². The van der Waals surface area contributed by atoms with E-state index in [1.165, 1.54) is 0 Å². The average molecular weight is 620 g/mol. The Morgan fingerprint density at radius 1 is 1.09 bits per heavy atom. The molecule has 3 heterocycles. The summed E-state index contributed by atoms with van der Waals surface area (Å²) in [5, 5.41) is 7.80.